The zero-order valence-electron chi connectivity index (χ0n) is 8.07. The topological polar surface area (TPSA) is 77.3 Å². The van der Waals surface area contributed by atoms with Crippen molar-refractivity contribution in [3.05, 3.63) is 27.4 Å². The molecule has 0 aliphatic carbocycles. The number of hydrogen-bond donors (Lipinski definition) is 1. The van der Waals surface area contributed by atoms with Gasteiger partial charge in [0.25, 0.3) is 0 Å². The fraction of sp³-hybridized carbons (Fsp3) is 0.375. The molecule has 0 radical (unpaired) electrons. The minimum Gasteiger partial charge on any atom is -0.383 e. The average molecular weight is 232 g/mol. The highest BCUT2D eigenvalue weighted by Crippen LogP contribution is 2.23. The second-order valence-electron chi connectivity index (χ2n) is 2.68. The van der Waals surface area contributed by atoms with Gasteiger partial charge in [-0.3, -0.25) is 10.1 Å². The van der Waals surface area contributed by atoms with E-state index in [0.717, 1.165) is 0 Å². The van der Waals surface area contributed by atoms with Crippen LogP contribution in [0.1, 0.15) is 0 Å². The van der Waals surface area contributed by atoms with Crippen molar-refractivity contribution in [3.63, 3.8) is 0 Å². The molecule has 0 saturated heterocycles. The van der Waals surface area contributed by atoms with Gasteiger partial charge >= 0.3 is 5.69 Å². The Morgan fingerprint density at radius 2 is 2.40 bits per heavy atom. The van der Waals surface area contributed by atoms with Crippen molar-refractivity contribution in [3.8, 4) is 0 Å². The van der Waals surface area contributed by atoms with Gasteiger partial charge in [0.2, 0.25) is 5.82 Å². The van der Waals surface area contributed by atoms with Crippen LogP contribution >= 0.6 is 11.6 Å². The molecule has 0 aromatic carbocycles. The predicted octanol–water partition coefficient (Wildman–Crippen LogP) is 1.70. The van der Waals surface area contributed by atoms with Gasteiger partial charge in [-0.1, -0.05) is 11.6 Å². The number of anilines is 1. The summed E-state index contributed by atoms with van der Waals surface area (Å²) in [6.45, 7) is 0.871. The molecular formula is C8H10ClN3O3. The van der Waals surface area contributed by atoms with E-state index in [-0.39, 0.29) is 16.7 Å². The molecule has 1 N–H and O–H groups in total. The standard InChI is InChI=1S/C8H10ClN3O3/c1-15-5-4-10-8-6(12(13)14)2-3-7(9)11-8/h2-3H,4-5H2,1H3,(H,10,11). The summed E-state index contributed by atoms with van der Waals surface area (Å²) in [7, 11) is 1.54. The third kappa shape index (κ3) is 3.34. The minimum absolute atomic E-state index is 0.101. The van der Waals surface area contributed by atoms with Gasteiger partial charge in [0.15, 0.2) is 0 Å². The molecule has 1 rings (SSSR count). The molecule has 0 atom stereocenters. The molecule has 0 unspecified atom stereocenters. The van der Waals surface area contributed by atoms with Gasteiger partial charge in [-0.05, 0) is 6.07 Å². The lowest BCUT2D eigenvalue weighted by atomic mass is 10.4. The van der Waals surface area contributed by atoms with Crippen LogP contribution in [0.4, 0.5) is 11.5 Å². The number of rotatable bonds is 5. The smallest absolute Gasteiger partial charge is 0.311 e. The predicted molar refractivity (Wildman–Crippen MR) is 56.3 cm³/mol. The molecule has 0 fully saturated rings. The van der Waals surface area contributed by atoms with Crippen molar-refractivity contribution < 1.29 is 9.66 Å². The number of hydrogen-bond acceptors (Lipinski definition) is 5. The summed E-state index contributed by atoms with van der Waals surface area (Å²) in [5.41, 5.74) is -0.101. The summed E-state index contributed by atoms with van der Waals surface area (Å²) in [6.07, 6.45) is 0. The molecule has 0 saturated carbocycles. The maximum Gasteiger partial charge on any atom is 0.311 e. The van der Waals surface area contributed by atoms with Gasteiger partial charge < -0.3 is 10.1 Å². The summed E-state index contributed by atoms with van der Waals surface area (Å²) in [4.78, 5) is 13.9. The average Bonchev–Trinajstić information content (AvgIpc) is 2.18. The van der Waals surface area contributed by atoms with Crippen LogP contribution in [0.5, 0.6) is 0 Å². The lowest BCUT2D eigenvalue weighted by Crippen LogP contribution is -2.10. The van der Waals surface area contributed by atoms with Gasteiger partial charge in [-0.15, -0.1) is 0 Å². The second-order valence-corrected chi connectivity index (χ2v) is 3.07. The molecule has 1 aromatic rings. The van der Waals surface area contributed by atoms with Crippen molar-refractivity contribution >= 4 is 23.1 Å². The summed E-state index contributed by atoms with van der Waals surface area (Å²) in [5, 5.41) is 13.6. The van der Waals surface area contributed by atoms with Gasteiger partial charge in [0.1, 0.15) is 5.15 Å². The molecule has 0 bridgehead atoms. The Hall–Kier alpha value is -1.40. The van der Waals surface area contributed by atoms with E-state index in [1.807, 2.05) is 0 Å². The highest BCUT2D eigenvalue weighted by Gasteiger charge is 2.14. The first-order valence-electron chi connectivity index (χ1n) is 4.19. The Bertz CT molecular complexity index is 359. The number of nitrogens with one attached hydrogen (secondary N) is 1. The molecule has 6 nitrogen and oxygen atoms in total. The van der Waals surface area contributed by atoms with Crippen LogP contribution in [0, 0.1) is 10.1 Å². The van der Waals surface area contributed by atoms with Crippen LogP contribution in [-0.4, -0.2) is 30.2 Å². The molecule has 0 amide bonds. The SMILES string of the molecule is COCCNc1nc(Cl)ccc1[N+](=O)[O-]. The molecule has 7 heteroatoms. The zero-order chi connectivity index (χ0) is 11.3. The number of halogens is 1. The molecule has 1 aromatic heterocycles. The van der Waals surface area contributed by atoms with Crippen LogP contribution in [0.15, 0.2) is 12.1 Å². The Morgan fingerprint density at radius 1 is 1.67 bits per heavy atom. The van der Waals surface area contributed by atoms with Gasteiger partial charge in [-0.2, -0.15) is 0 Å². The molecule has 0 aliphatic heterocycles. The monoisotopic (exact) mass is 231 g/mol. The van der Waals surface area contributed by atoms with Crippen LogP contribution in [-0.2, 0) is 4.74 Å². The highest BCUT2D eigenvalue weighted by atomic mass is 35.5. The van der Waals surface area contributed by atoms with E-state index >= 15 is 0 Å². The Balaban J connectivity index is 2.82. The summed E-state index contributed by atoms with van der Waals surface area (Å²) < 4.78 is 4.80. The van der Waals surface area contributed by atoms with Gasteiger partial charge in [0, 0.05) is 19.7 Å². The zero-order valence-corrected chi connectivity index (χ0v) is 8.82. The van der Waals surface area contributed by atoms with Crippen molar-refractivity contribution in [1.29, 1.82) is 0 Å². The fourth-order valence-electron chi connectivity index (χ4n) is 0.977. The molecule has 0 aliphatic rings. The van der Waals surface area contributed by atoms with Crippen molar-refractivity contribution in [2.24, 2.45) is 0 Å². The summed E-state index contributed by atoms with van der Waals surface area (Å²) in [6, 6.07) is 2.69. The first-order chi connectivity index (χ1) is 7.15. The molecule has 15 heavy (non-hydrogen) atoms. The number of ether oxygens (including phenoxy) is 1. The number of nitrogens with zero attached hydrogens (tertiary/aromatic N) is 2. The van der Waals surface area contributed by atoms with Gasteiger partial charge in [-0.25, -0.2) is 4.98 Å². The normalized spacial score (nSPS) is 10.0. The van der Waals surface area contributed by atoms with Crippen molar-refractivity contribution in [2.75, 3.05) is 25.6 Å². The van der Waals surface area contributed by atoms with E-state index < -0.39 is 4.92 Å². The Kier molecular flexibility index (Phi) is 4.26. The van der Waals surface area contributed by atoms with Gasteiger partial charge in [0.05, 0.1) is 11.5 Å². The third-order valence-corrected chi connectivity index (χ3v) is 1.85. The van der Waals surface area contributed by atoms with Crippen molar-refractivity contribution in [1.82, 2.24) is 4.98 Å². The van der Waals surface area contributed by atoms with E-state index in [0.29, 0.717) is 13.2 Å². The Labute approximate surface area is 91.4 Å². The maximum absolute atomic E-state index is 10.6. The fourth-order valence-corrected chi connectivity index (χ4v) is 1.12. The van der Waals surface area contributed by atoms with Crippen molar-refractivity contribution in [2.45, 2.75) is 0 Å². The van der Waals surface area contributed by atoms with Crippen LogP contribution in [0.3, 0.4) is 0 Å². The highest BCUT2D eigenvalue weighted by molar-refractivity contribution is 6.29. The van der Waals surface area contributed by atoms with Crippen LogP contribution in [0.2, 0.25) is 5.15 Å². The summed E-state index contributed by atoms with van der Waals surface area (Å²) >= 11 is 5.63. The lowest BCUT2D eigenvalue weighted by molar-refractivity contribution is -0.384. The van der Waals surface area contributed by atoms with Crippen LogP contribution in [0.25, 0.3) is 0 Å². The number of pyridine rings is 1. The van der Waals surface area contributed by atoms with E-state index in [9.17, 15) is 10.1 Å². The van der Waals surface area contributed by atoms with E-state index in [2.05, 4.69) is 10.3 Å². The summed E-state index contributed by atoms with van der Waals surface area (Å²) in [5.74, 6) is 0.157. The number of aromatic nitrogens is 1. The lowest BCUT2D eigenvalue weighted by Gasteiger charge is -2.05. The maximum atomic E-state index is 10.6. The molecule has 1 heterocycles. The third-order valence-electron chi connectivity index (χ3n) is 1.64. The van der Waals surface area contributed by atoms with E-state index in [4.69, 9.17) is 16.3 Å². The minimum atomic E-state index is -0.515. The quantitative estimate of drug-likeness (QED) is 0.361. The first-order valence-corrected chi connectivity index (χ1v) is 4.56. The second kappa shape index (κ2) is 5.47. The largest absolute Gasteiger partial charge is 0.383 e. The first kappa shape index (κ1) is 11.7. The van der Waals surface area contributed by atoms with E-state index in [1.54, 1.807) is 7.11 Å². The number of methoxy groups -OCH3 is 1. The Morgan fingerprint density at radius 3 is 3.00 bits per heavy atom. The molecule has 82 valence electrons. The molecule has 0 spiro atoms. The number of nitro groups is 1. The van der Waals surface area contributed by atoms with Crippen LogP contribution < -0.4 is 5.32 Å². The van der Waals surface area contributed by atoms with E-state index in [1.165, 1.54) is 12.1 Å². The molecular weight excluding hydrogens is 222 g/mol.